The summed E-state index contributed by atoms with van der Waals surface area (Å²) in [6.07, 6.45) is 1.53. The van der Waals surface area contributed by atoms with E-state index in [1.165, 1.54) is 0 Å². The molecule has 0 fully saturated rings. The largest absolute Gasteiger partial charge is 0.396 e. The number of hydrogen-bond acceptors (Lipinski definition) is 2. The van der Waals surface area contributed by atoms with Crippen molar-refractivity contribution in [1.82, 2.24) is 5.32 Å². The minimum absolute atomic E-state index is 0.0439. The van der Waals surface area contributed by atoms with Gasteiger partial charge in [-0.05, 0) is 24.3 Å². The number of aliphatic hydroxyl groups excluding tert-OH is 1. The standard InChI is InChI=1S/C14H20F3NO/c1-14(2,4-3-5-19)9-18-8-10-6-12(16)13(17)7-11(10)15/h6-7,18-19H,3-5,8-9H2,1-2H3. The molecule has 19 heavy (non-hydrogen) atoms. The van der Waals surface area contributed by atoms with Gasteiger partial charge >= 0.3 is 0 Å². The third kappa shape index (κ3) is 5.20. The summed E-state index contributed by atoms with van der Waals surface area (Å²) in [4.78, 5) is 0. The number of halogens is 3. The predicted molar refractivity (Wildman–Crippen MR) is 68.1 cm³/mol. The Balaban J connectivity index is 2.51. The maximum absolute atomic E-state index is 13.4. The molecule has 0 atom stereocenters. The molecular weight excluding hydrogens is 255 g/mol. The Hall–Kier alpha value is -1.07. The number of rotatable bonds is 7. The Bertz CT molecular complexity index is 421. The molecule has 0 heterocycles. The maximum Gasteiger partial charge on any atom is 0.161 e. The average molecular weight is 275 g/mol. The van der Waals surface area contributed by atoms with E-state index in [-0.39, 0.29) is 24.1 Å². The molecule has 0 saturated heterocycles. The summed E-state index contributed by atoms with van der Waals surface area (Å²) in [7, 11) is 0. The number of nitrogens with one attached hydrogen (secondary N) is 1. The second-order valence-electron chi connectivity index (χ2n) is 5.45. The van der Waals surface area contributed by atoms with Crippen LogP contribution in [-0.4, -0.2) is 18.3 Å². The molecule has 0 saturated carbocycles. The fraction of sp³-hybridized carbons (Fsp3) is 0.571. The van der Waals surface area contributed by atoms with Gasteiger partial charge in [0.05, 0.1) is 0 Å². The summed E-state index contributed by atoms with van der Waals surface area (Å²) in [5.41, 5.74) is 0.0643. The zero-order valence-corrected chi connectivity index (χ0v) is 11.3. The second-order valence-corrected chi connectivity index (χ2v) is 5.45. The van der Waals surface area contributed by atoms with Crippen LogP contribution in [0.3, 0.4) is 0 Å². The molecule has 108 valence electrons. The highest BCUT2D eigenvalue weighted by Gasteiger charge is 2.17. The fourth-order valence-corrected chi connectivity index (χ4v) is 1.88. The van der Waals surface area contributed by atoms with Crippen LogP contribution in [0.4, 0.5) is 13.2 Å². The molecule has 2 N–H and O–H groups in total. The molecule has 1 rings (SSSR count). The monoisotopic (exact) mass is 275 g/mol. The number of hydrogen-bond donors (Lipinski definition) is 2. The van der Waals surface area contributed by atoms with Crippen molar-refractivity contribution >= 4 is 0 Å². The zero-order valence-electron chi connectivity index (χ0n) is 11.3. The Morgan fingerprint density at radius 1 is 1.11 bits per heavy atom. The molecule has 0 radical (unpaired) electrons. The van der Waals surface area contributed by atoms with Crippen molar-refractivity contribution in [3.05, 3.63) is 35.1 Å². The molecule has 0 aromatic heterocycles. The molecule has 0 amide bonds. The zero-order chi connectivity index (χ0) is 14.5. The van der Waals surface area contributed by atoms with Crippen LogP contribution in [0.25, 0.3) is 0 Å². The van der Waals surface area contributed by atoms with E-state index in [1.54, 1.807) is 0 Å². The van der Waals surface area contributed by atoms with Crippen molar-refractivity contribution in [2.75, 3.05) is 13.2 Å². The van der Waals surface area contributed by atoms with E-state index in [0.29, 0.717) is 19.0 Å². The predicted octanol–water partition coefficient (Wildman–Crippen LogP) is 2.99. The Morgan fingerprint density at radius 3 is 2.37 bits per heavy atom. The van der Waals surface area contributed by atoms with Crippen molar-refractivity contribution in [3.63, 3.8) is 0 Å². The van der Waals surface area contributed by atoms with E-state index in [0.717, 1.165) is 12.5 Å². The SMILES string of the molecule is CC(C)(CCCO)CNCc1cc(F)c(F)cc1F. The molecule has 5 heteroatoms. The van der Waals surface area contributed by atoms with Crippen LogP contribution in [0.2, 0.25) is 0 Å². The van der Waals surface area contributed by atoms with E-state index in [4.69, 9.17) is 5.11 Å². The van der Waals surface area contributed by atoms with E-state index in [1.807, 2.05) is 13.8 Å². The van der Waals surface area contributed by atoms with Crippen molar-refractivity contribution in [1.29, 1.82) is 0 Å². The van der Waals surface area contributed by atoms with Gasteiger partial charge in [-0.3, -0.25) is 0 Å². The maximum atomic E-state index is 13.4. The van der Waals surface area contributed by atoms with Gasteiger partial charge < -0.3 is 10.4 Å². The summed E-state index contributed by atoms with van der Waals surface area (Å²) in [5, 5.41) is 11.8. The van der Waals surface area contributed by atoms with Gasteiger partial charge in [0.2, 0.25) is 0 Å². The Morgan fingerprint density at radius 2 is 1.74 bits per heavy atom. The lowest BCUT2D eigenvalue weighted by atomic mass is 9.88. The minimum atomic E-state index is -1.18. The number of benzene rings is 1. The average Bonchev–Trinajstić information content (AvgIpc) is 2.33. The highest BCUT2D eigenvalue weighted by Crippen LogP contribution is 2.21. The topological polar surface area (TPSA) is 32.3 Å². The molecule has 0 aliphatic carbocycles. The van der Waals surface area contributed by atoms with Gasteiger partial charge in [-0.2, -0.15) is 0 Å². The molecule has 1 aromatic rings. The number of aliphatic hydroxyl groups is 1. The van der Waals surface area contributed by atoms with Crippen LogP contribution in [0.15, 0.2) is 12.1 Å². The highest BCUT2D eigenvalue weighted by atomic mass is 19.2. The van der Waals surface area contributed by atoms with Crippen LogP contribution in [-0.2, 0) is 6.54 Å². The van der Waals surface area contributed by atoms with Crippen LogP contribution >= 0.6 is 0 Å². The van der Waals surface area contributed by atoms with E-state index >= 15 is 0 Å². The van der Waals surface area contributed by atoms with Gasteiger partial charge in [0.25, 0.3) is 0 Å². The second kappa shape index (κ2) is 6.91. The van der Waals surface area contributed by atoms with Crippen LogP contribution in [0, 0.1) is 22.9 Å². The van der Waals surface area contributed by atoms with Crippen LogP contribution in [0.1, 0.15) is 32.3 Å². The lowest BCUT2D eigenvalue weighted by Crippen LogP contribution is -2.29. The van der Waals surface area contributed by atoms with E-state index in [9.17, 15) is 13.2 Å². The van der Waals surface area contributed by atoms with Crippen LogP contribution in [0.5, 0.6) is 0 Å². The minimum Gasteiger partial charge on any atom is -0.396 e. The lowest BCUT2D eigenvalue weighted by molar-refractivity contribution is 0.236. The summed E-state index contributed by atoms with van der Waals surface area (Å²) in [6.45, 7) is 4.94. The quantitative estimate of drug-likeness (QED) is 0.750. The van der Waals surface area contributed by atoms with Gasteiger partial charge in [0.1, 0.15) is 5.82 Å². The lowest BCUT2D eigenvalue weighted by Gasteiger charge is -2.24. The molecular formula is C14H20F3NO. The van der Waals surface area contributed by atoms with Gasteiger partial charge in [-0.15, -0.1) is 0 Å². The molecule has 0 aliphatic rings. The molecule has 0 aliphatic heterocycles. The van der Waals surface area contributed by atoms with Crippen molar-refractivity contribution < 1.29 is 18.3 Å². The van der Waals surface area contributed by atoms with Crippen molar-refractivity contribution in [2.45, 2.75) is 33.2 Å². The summed E-state index contributed by atoms with van der Waals surface area (Å²) >= 11 is 0. The first-order valence-electron chi connectivity index (χ1n) is 6.31. The fourth-order valence-electron chi connectivity index (χ4n) is 1.88. The van der Waals surface area contributed by atoms with E-state index < -0.39 is 17.5 Å². The van der Waals surface area contributed by atoms with Gasteiger partial charge in [-0.1, -0.05) is 13.8 Å². The Labute approximate surface area is 111 Å². The summed E-state index contributed by atoms with van der Waals surface area (Å²) < 4.78 is 39.1. The van der Waals surface area contributed by atoms with Crippen LogP contribution < -0.4 is 5.32 Å². The first-order chi connectivity index (χ1) is 8.85. The van der Waals surface area contributed by atoms with Crippen molar-refractivity contribution in [3.8, 4) is 0 Å². The van der Waals surface area contributed by atoms with Gasteiger partial charge in [-0.25, -0.2) is 13.2 Å². The molecule has 1 aromatic carbocycles. The highest BCUT2D eigenvalue weighted by molar-refractivity contribution is 5.19. The third-order valence-electron chi connectivity index (χ3n) is 3.02. The van der Waals surface area contributed by atoms with Crippen molar-refractivity contribution in [2.24, 2.45) is 5.41 Å². The van der Waals surface area contributed by atoms with Gasteiger partial charge in [0, 0.05) is 31.3 Å². The summed E-state index contributed by atoms with van der Waals surface area (Å²) in [5.74, 6) is -2.97. The third-order valence-corrected chi connectivity index (χ3v) is 3.02. The smallest absolute Gasteiger partial charge is 0.161 e. The Kier molecular flexibility index (Phi) is 5.82. The molecule has 0 bridgehead atoms. The van der Waals surface area contributed by atoms with E-state index in [2.05, 4.69) is 5.32 Å². The molecule has 2 nitrogen and oxygen atoms in total. The first-order valence-corrected chi connectivity index (χ1v) is 6.31. The molecule has 0 unspecified atom stereocenters. The summed E-state index contributed by atoms with van der Waals surface area (Å²) in [6, 6.07) is 1.43. The first kappa shape index (κ1) is 16.0. The normalized spacial score (nSPS) is 11.9. The molecule has 0 spiro atoms. The van der Waals surface area contributed by atoms with Gasteiger partial charge in [0.15, 0.2) is 11.6 Å².